The number of thioether (sulfide) groups is 1. The Balaban J connectivity index is 1.77. The van der Waals surface area contributed by atoms with E-state index in [-0.39, 0.29) is 5.25 Å². The summed E-state index contributed by atoms with van der Waals surface area (Å²) in [7, 11) is 0. The van der Waals surface area contributed by atoms with Crippen molar-refractivity contribution in [2.45, 2.75) is 17.5 Å². The van der Waals surface area contributed by atoms with Crippen molar-refractivity contribution in [3.8, 4) is 6.07 Å². The summed E-state index contributed by atoms with van der Waals surface area (Å²) in [5.74, 6) is 0.816. The molecule has 0 saturated heterocycles. The van der Waals surface area contributed by atoms with Crippen LogP contribution in [0.15, 0.2) is 61.2 Å². The summed E-state index contributed by atoms with van der Waals surface area (Å²) in [5.41, 5.74) is 2.97. The molecule has 1 aromatic heterocycles. The summed E-state index contributed by atoms with van der Waals surface area (Å²) in [6.07, 6.45) is 5.55. The quantitative estimate of drug-likeness (QED) is 0.541. The normalized spacial score (nSPS) is 11.9. The van der Waals surface area contributed by atoms with Crippen molar-refractivity contribution in [2.24, 2.45) is 0 Å². The van der Waals surface area contributed by atoms with Gasteiger partial charge in [0, 0.05) is 29.9 Å². The average Bonchev–Trinajstić information content (AvgIpc) is 3.15. The molecule has 0 spiro atoms. The van der Waals surface area contributed by atoms with Crippen molar-refractivity contribution in [3.63, 3.8) is 0 Å². The molecule has 1 unspecified atom stereocenters. The highest BCUT2D eigenvalue weighted by Crippen LogP contribution is 2.34. The molecule has 2 aromatic carbocycles. The molecule has 0 fully saturated rings. The van der Waals surface area contributed by atoms with Gasteiger partial charge in [-0.05, 0) is 35.4 Å². The van der Waals surface area contributed by atoms with Gasteiger partial charge in [0.2, 0.25) is 0 Å². The summed E-state index contributed by atoms with van der Waals surface area (Å²) in [6, 6.07) is 15.6. The highest BCUT2D eigenvalue weighted by molar-refractivity contribution is 7.98. The van der Waals surface area contributed by atoms with Gasteiger partial charge in [0.1, 0.15) is 0 Å². The van der Waals surface area contributed by atoms with Crippen molar-refractivity contribution in [2.75, 3.05) is 0 Å². The van der Waals surface area contributed by atoms with Crippen LogP contribution in [0.4, 0.5) is 0 Å². The van der Waals surface area contributed by atoms with Crippen LogP contribution in [0, 0.1) is 11.3 Å². The largest absolute Gasteiger partial charge is 0.336 e. The Morgan fingerprint density at radius 2 is 1.92 bits per heavy atom. The van der Waals surface area contributed by atoms with Gasteiger partial charge in [-0.25, -0.2) is 4.98 Å². The SMILES string of the molecule is N#Cc1ccc(C(Cn2ccnc2)SCc2ccc(Cl)c(Cl)c2)cc1. The predicted molar refractivity (Wildman–Crippen MR) is 104 cm³/mol. The molecule has 0 aliphatic heterocycles. The number of aromatic nitrogens is 2. The Kier molecular flexibility index (Phi) is 6.04. The maximum atomic E-state index is 8.98. The fraction of sp³-hybridized carbons (Fsp3) is 0.158. The highest BCUT2D eigenvalue weighted by Gasteiger charge is 2.14. The van der Waals surface area contributed by atoms with Crippen LogP contribution < -0.4 is 0 Å². The van der Waals surface area contributed by atoms with Crippen LogP contribution in [0.2, 0.25) is 10.0 Å². The van der Waals surface area contributed by atoms with E-state index in [1.807, 2.05) is 66.8 Å². The van der Waals surface area contributed by atoms with E-state index in [1.54, 1.807) is 6.20 Å². The molecule has 0 saturated carbocycles. The first-order valence-corrected chi connectivity index (χ1v) is 9.47. The van der Waals surface area contributed by atoms with Gasteiger partial charge in [0.15, 0.2) is 0 Å². The minimum Gasteiger partial charge on any atom is -0.336 e. The second kappa shape index (κ2) is 8.44. The second-order valence-electron chi connectivity index (χ2n) is 5.54. The first-order chi connectivity index (χ1) is 12.2. The Morgan fingerprint density at radius 3 is 2.56 bits per heavy atom. The van der Waals surface area contributed by atoms with Gasteiger partial charge in [0.05, 0.1) is 28.0 Å². The van der Waals surface area contributed by atoms with Crippen molar-refractivity contribution in [3.05, 3.63) is 87.9 Å². The monoisotopic (exact) mass is 387 g/mol. The lowest BCUT2D eigenvalue weighted by atomic mass is 10.1. The predicted octanol–water partition coefficient (Wildman–Crippen LogP) is 5.74. The fourth-order valence-electron chi connectivity index (χ4n) is 2.44. The lowest BCUT2D eigenvalue weighted by Gasteiger charge is -2.18. The van der Waals surface area contributed by atoms with Crippen molar-refractivity contribution >= 4 is 35.0 Å². The summed E-state index contributed by atoms with van der Waals surface area (Å²) >= 11 is 13.9. The van der Waals surface area contributed by atoms with Crippen LogP contribution in [0.1, 0.15) is 21.9 Å². The van der Waals surface area contributed by atoms with Crippen molar-refractivity contribution in [1.29, 1.82) is 5.26 Å². The smallest absolute Gasteiger partial charge is 0.0991 e. The molecule has 0 radical (unpaired) electrons. The Labute approximate surface area is 161 Å². The molecule has 3 nitrogen and oxygen atoms in total. The lowest BCUT2D eigenvalue weighted by Crippen LogP contribution is -2.05. The van der Waals surface area contributed by atoms with Crippen LogP contribution in [0.5, 0.6) is 0 Å². The molecule has 6 heteroatoms. The second-order valence-corrected chi connectivity index (χ2v) is 7.55. The van der Waals surface area contributed by atoms with Crippen molar-refractivity contribution in [1.82, 2.24) is 9.55 Å². The highest BCUT2D eigenvalue weighted by atomic mass is 35.5. The third kappa shape index (κ3) is 4.79. The standard InChI is InChI=1S/C19H15Cl2N3S/c20-17-6-3-15(9-18(17)21)12-25-19(11-24-8-7-23-13-24)16-4-1-14(10-22)2-5-16/h1-9,13,19H,11-12H2. The number of rotatable bonds is 6. The topological polar surface area (TPSA) is 41.6 Å². The molecule has 0 aliphatic rings. The molecule has 3 rings (SSSR count). The van der Waals surface area contributed by atoms with Gasteiger partial charge in [-0.3, -0.25) is 0 Å². The fourth-order valence-corrected chi connectivity index (χ4v) is 3.96. The van der Waals surface area contributed by atoms with E-state index in [2.05, 4.69) is 15.6 Å². The van der Waals surface area contributed by atoms with E-state index in [9.17, 15) is 0 Å². The lowest BCUT2D eigenvalue weighted by molar-refractivity contribution is 0.683. The third-order valence-corrected chi connectivity index (χ3v) is 5.85. The molecule has 0 amide bonds. The van der Waals surface area contributed by atoms with Crippen LogP contribution >= 0.6 is 35.0 Å². The zero-order chi connectivity index (χ0) is 17.6. The number of hydrogen-bond donors (Lipinski definition) is 0. The molecule has 0 N–H and O–H groups in total. The minimum absolute atomic E-state index is 0.233. The van der Waals surface area contributed by atoms with E-state index in [0.29, 0.717) is 15.6 Å². The number of nitriles is 1. The zero-order valence-corrected chi connectivity index (χ0v) is 15.6. The first kappa shape index (κ1) is 17.9. The molecule has 0 aliphatic carbocycles. The summed E-state index contributed by atoms with van der Waals surface area (Å²) in [4.78, 5) is 4.11. The van der Waals surface area contributed by atoms with Gasteiger partial charge < -0.3 is 4.57 Å². The van der Waals surface area contributed by atoms with E-state index < -0.39 is 0 Å². The minimum atomic E-state index is 0.233. The maximum Gasteiger partial charge on any atom is 0.0991 e. The molecule has 126 valence electrons. The summed E-state index contributed by atoms with van der Waals surface area (Å²) in [6.45, 7) is 0.803. The molecular weight excluding hydrogens is 373 g/mol. The Hall–Kier alpha value is -1.93. The molecule has 0 bridgehead atoms. The van der Waals surface area contributed by atoms with Crippen LogP contribution in [-0.4, -0.2) is 9.55 Å². The van der Waals surface area contributed by atoms with Crippen LogP contribution in [-0.2, 0) is 12.3 Å². The van der Waals surface area contributed by atoms with E-state index in [4.69, 9.17) is 28.5 Å². The van der Waals surface area contributed by atoms with Crippen LogP contribution in [0.3, 0.4) is 0 Å². The molecule has 1 atom stereocenters. The van der Waals surface area contributed by atoms with Gasteiger partial charge in [0.25, 0.3) is 0 Å². The van der Waals surface area contributed by atoms with E-state index in [1.165, 1.54) is 5.56 Å². The van der Waals surface area contributed by atoms with Gasteiger partial charge in [-0.1, -0.05) is 41.4 Å². The Morgan fingerprint density at radius 1 is 1.12 bits per heavy atom. The number of imidazole rings is 1. The molecule has 3 aromatic rings. The molecular formula is C19H15Cl2N3S. The molecule has 25 heavy (non-hydrogen) atoms. The maximum absolute atomic E-state index is 8.98. The van der Waals surface area contributed by atoms with Gasteiger partial charge in [-0.2, -0.15) is 5.26 Å². The summed E-state index contributed by atoms with van der Waals surface area (Å²) in [5, 5.41) is 10.4. The van der Waals surface area contributed by atoms with E-state index in [0.717, 1.165) is 17.9 Å². The molecule has 1 heterocycles. The number of hydrogen-bond acceptors (Lipinski definition) is 3. The van der Waals surface area contributed by atoms with Crippen molar-refractivity contribution < 1.29 is 0 Å². The van der Waals surface area contributed by atoms with Crippen LogP contribution in [0.25, 0.3) is 0 Å². The van der Waals surface area contributed by atoms with Gasteiger partial charge >= 0.3 is 0 Å². The Bertz CT molecular complexity index is 871. The first-order valence-electron chi connectivity index (χ1n) is 7.67. The third-order valence-electron chi connectivity index (χ3n) is 3.78. The van der Waals surface area contributed by atoms with Gasteiger partial charge in [-0.15, -0.1) is 11.8 Å². The summed E-state index contributed by atoms with van der Waals surface area (Å²) < 4.78 is 2.06. The zero-order valence-electron chi connectivity index (χ0n) is 13.3. The average molecular weight is 388 g/mol. The van der Waals surface area contributed by atoms with E-state index >= 15 is 0 Å². The number of benzene rings is 2. The number of nitrogens with zero attached hydrogens (tertiary/aromatic N) is 3. The number of halogens is 2.